The molecule has 0 saturated carbocycles. The molecule has 2 aromatic rings. The van der Waals surface area contributed by atoms with Crippen molar-refractivity contribution in [2.24, 2.45) is 17.3 Å². The molecule has 0 radical (unpaired) electrons. The molecule has 2 aromatic carbocycles. The normalized spacial score (nSPS) is 15.1. The van der Waals surface area contributed by atoms with Gasteiger partial charge in [0.25, 0.3) is 0 Å². The molecule has 0 fully saturated rings. The van der Waals surface area contributed by atoms with E-state index in [4.69, 9.17) is 18.6 Å². The van der Waals surface area contributed by atoms with Crippen LogP contribution in [0.2, 0.25) is 0 Å². The molecule has 4 heteroatoms. The molecular weight excluding hydrogens is 474 g/mol. The number of rotatable bonds is 5. The van der Waals surface area contributed by atoms with Gasteiger partial charge in [-0.15, -0.1) is 47.3 Å². The van der Waals surface area contributed by atoms with Crippen LogP contribution in [0.5, 0.6) is 0 Å². The Hall–Kier alpha value is 0.0343. The first-order chi connectivity index (χ1) is 14.4. The van der Waals surface area contributed by atoms with Crippen LogP contribution in [0.4, 0.5) is 0 Å². The van der Waals surface area contributed by atoms with Crippen LogP contribution in [0.25, 0.3) is 10.8 Å². The SMILES string of the molecule is CC(C)CP(CC(C)C)c1cc2ccccc2[cH-]1.CC1=[C-]C(C)(C)C(C)=C1C.[Cl][Ti][Cl]. The Morgan fingerprint density at radius 2 is 1.52 bits per heavy atom. The first kappa shape index (κ1) is 29.1. The number of hydrogen-bond donors (Lipinski definition) is 0. The second-order valence-electron chi connectivity index (χ2n) is 9.73. The van der Waals surface area contributed by atoms with Crippen molar-refractivity contribution in [1.82, 2.24) is 0 Å². The van der Waals surface area contributed by atoms with Gasteiger partial charge >= 0.3 is 35.6 Å². The Kier molecular flexibility index (Phi) is 12.8. The third-order valence-corrected chi connectivity index (χ3v) is 9.03. The molecule has 1 aliphatic rings. The number of benzene rings is 1. The summed E-state index contributed by atoms with van der Waals surface area (Å²) in [7, 11) is 9.80. The Morgan fingerprint density at radius 3 is 1.87 bits per heavy atom. The second-order valence-corrected chi connectivity index (χ2v) is 14.6. The van der Waals surface area contributed by atoms with Gasteiger partial charge < -0.3 is 0 Å². The Bertz CT molecular complexity index is 831. The van der Waals surface area contributed by atoms with E-state index in [1.807, 2.05) is 0 Å². The van der Waals surface area contributed by atoms with Gasteiger partial charge in [-0.25, -0.2) is 5.57 Å². The average molecular weight is 513 g/mol. The van der Waals surface area contributed by atoms with Crippen LogP contribution < -0.4 is 5.30 Å². The van der Waals surface area contributed by atoms with Gasteiger partial charge in [-0.2, -0.15) is 17.2 Å². The average Bonchev–Trinajstić information content (AvgIpc) is 3.17. The van der Waals surface area contributed by atoms with Gasteiger partial charge in [-0.3, -0.25) is 6.08 Å². The zero-order valence-corrected chi connectivity index (χ0v) is 24.7. The number of fused-ring (bicyclic) bond motifs is 1. The van der Waals surface area contributed by atoms with Crippen molar-refractivity contribution in [3.05, 3.63) is 59.2 Å². The summed E-state index contributed by atoms with van der Waals surface area (Å²) in [5.41, 5.74) is 4.39. The maximum absolute atomic E-state index is 4.89. The molecule has 0 unspecified atom stereocenters. The van der Waals surface area contributed by atoms with Crippen molar-refractivity contribution >= 4 is 42.6 Å². The molecule has 31 heavy (non-hydrogen) atoms. The summed E-state index contributed by atoms with van der Waals surface area (Å²) in [6.45, 7) is 20.3. The Balaban J connectivity index is 0.000000311. The van der Waals surface area contributed by atoms with Crippen LogP contribution in [-0.4, -0.2) is 12.3 Å². The minimum atomic E-state index is -0.556. The van der Waals surface area contributed by atoms with Crippen molar-refractivity contribution in [2.75, 3.05) is 12.3 Å². The van der Waals surface area contributed by atoms with Crippen LogP contribution in [-0.2, 0) is 17.0 Å². The summed E-state index contributed by atoms with van der Waals surface area (Å²) in [4.78, 5) is 0. The molecule has 0 bridgehead atoms. The number of hydrogen-bond acceptors (Lipinski definition) is 0. The molecule has 0 saturated heterocycles. The van der Waals surface area contributed by atoms with E-state index in [1.54, 1.807) is 5.30 Å². The zero-order chi connectivity index (χ0) is 23.8. The Morgan fingerprint density at radius 1 is 1.00 bits per heavy atom. The van der Waals surface area contributed by atoms with E-state index in [2.05, 4.69) is 105 Å². The minimum absolute atomic E-state index is 0.0185. The molecule has 172 valence electrons. The van der Waals surface area contributed by atoms with Crippen LogP contribution in [0.15, 0.2) is 53.1 Å². The third kappa shape index (κ3) is 9.43. The first-order valence-electron chi connectivity index (χ1n) is 11.1. The molecule has 3 rings (SSSR count). The van der Waals surface area contributed by atoms with Gasteiger partial charge in [0.1, 0.15) is 0 Å². The molecule has 0 nitrogen and oxygen atoms in total. The molecule has 0 aromatic heterocycles. The van der Waals surface area contributed by atoms with Crippen LogP contribution in [0, 0.1) is 23.3 Å². The summed E-state index contributed by atoms with van der Waals surface area (Å²) in [6, 6.07) is 13.6. The predicted octanol–water partition coefficient (Wildman–Crippen LogP) is 9.47. The Labute approximate surface area is 209 Å². The molecule has 0 spiro atoms. The second kappa shape index (κ2) is 13.7. The third-order valence-electron chi connectivity index (χ3n) is 5.70. The summed E-state index contributed by atoms with van der Waals surface area (Å²) in [5, 5.41) is 4.42. The van der Waals surface area contributed by atoms with Crippen LogP contribution in [0.1, 0.15) is 62.3 Å². The van der Waals surface area contributed by atoms with Crippen molar-refractivity contribution in [2.45, 2.75) is 62.3 Å². The fourth-order valence-corrected chi connectivity index (χ4v) is 6.87. The molecule has 1 aliphatic carbocycles. The first-order valence-corrected chi connectivity index (χ1v) is 17.1. The number of halogens is 2. The summed E-state index contributed by atoms with van der Waals surface area (Å²) >= 11 is -0.556. The van der Waals surface area contributed by atoms with Crippen molar-refractivity contribution in [3.8, 4) is 0 Å². The van der Waals surface area contributed by atoms with E-state index in [-0.39, 0.29) is 13.3 Å². The van der Waals surface area contributed by atoms with Gasteiger partial charge in [0.2, 0.25) is 0 Å². The van der Waals surface area contributed by atoms with E-state index < -0.39 is 17.0 Å². The van der Waals surface area contributed by atoms with Gasteiger partial charge in [0, 0.05) is 0 Å². The summed E-state index contributed by atoms with van der Waals surface area (Å²) in [5.74, 6) is 1.60. The van der Waals surface area contributed by atoms with E-state index in [0.29, 0.717) is 0 Å². The fourth-order valence-electron chi connectivity index (χ4n) is 3.89. The summed E-state index contributed by atoms with van der Waals surface area (Å²) < 4.78 is 0. The van der Waals surface area contributed by atoms with Gasteiger partial charge in [0.15, 0.2) is 0 Å². The predicted molar refractivity (Wildman–Crippen MR) is 142 cm³/mol. The summed E-state index contributed by atoms with van der Waals surface area (Å²) in [6.07, 6.45) is 6.17. The quantitative estimate of drug-likeness (QED) is 0.212. The van der Waals surface area contributed by atoms with Crippen molar-refractivity contribution in [3.63, 3.8) is 0 Å². The standard InChI is InChI=1S/C17H24P.C10H15.2ClH.Ti/c1-13(2)11-18(12-14(3)4)17-9-15-7-5-6-8-16(15)10-17;1-7-6-10(4,5)9(3)8(7)2;;;/h5-10,13-14H,11-12H2,1-4H3;1-5H3;2*1H;/q2*-1;;;+2/p-2. The van der Waals surface area contributed by atoms with E-state index in [9.17, 15) is 0 Å². The monoisotopic (exact) mass is 512 g/mol. The molecule has 0 heterocycles. The topological polar surface area (TPSA) is 0 Å². The van der Waals surface area contributed by atoms with E-state index in [1.165, 1.54) is 39.8 Å². The van der Waals surface area contributed by atoms with E-state index >= 15 is 0 Å². The van der Waals surface area contributed by atoms with Crippen LogP contribution >= 0.6 is 26.5 Å². The molecular formula is C27H39Cl2PTi-2. The van der Waals surface area contributed by atoms with E-state index in [0.717, 1.165) is 11.8 Å². The fraction of sp³-hybridized carbons (Fsp3) is 0.519. The maximum atomic E-state index is 4.89. The zero-order valence-electron chi connectivity index (χ0n) is 20.7. The van der Waals surface area contributed by atoms with Crippen molar-refractivity contribution in [1.29, 1.82) is 0 Å². The van der Waals surface area contributed by atoms with Gasteiger partial charge in [-0.05, 0) is 24.2 Å². The van der Waals surface area contributed by atoms with Crippen molar-refractivity contribution < 1.29 is 17.0 Å². The van der Waals surface area contributed by atoms with Gasteiger partial charge in [-0.1, -0.05) is 74.8 Å². The van der Waals surface area contributed by atoms with Gasteiger partial charge in [0.05, 0.1) is 0 Å². The molecule has 0 aliphatic heterocycles. The number of allylic oxidation sites excluding steroid dienone is 4. The molecule has 0 amide bonds. The molecule has 0 N–H and O–H groups in total. The van der Waals surface area contributed by atoms with Crippen LogP contribution in [0.3, 0.4) is 0 Å². The molecule has 0 atom stereocenters.